The number of hydrogen-bond donors (Lipinski definition) is 2. The molecule has 4 heteroatoms. The molecule has 4 nitrogen and oxygen atoms in total. The minimum Gasteiger partial charge on any atom is -0.387 e. The average molecular weight is 163 g/mol. The smallest absolute Gasteiger partial charge is 0.140 e. The summed E-state index contributed by atoms with van der Waals surface area (Å²) in [6.07, 6.45) is 0.765. The first-order chi connectivity index (χ1) is 5.77. The number of aromatic nitrogens is 1. The standard InChI is InChI=1S/C8H9N3O/c9-3-7-2-1-6(5-11-7)8(12)4-10/h1-2,5,8,12H,4,10H2. The lowest BCUT2D eigenvalue weighted by atomic mass is 10.1. The second-order valence-corrected chi connectivity index (χ2v) is 2.34. The van der Waals surface area contributed by atoms with Gasteiger partial charge in [0.2, 0.25) is 0 Å². The van der Waals surface area contributed by atoms with Crippen molar-refractivity contribution in [3.05, 3.63) is 29.6 Å². The molecule has 0 spiro atoms. The molecule has 1 rings (SSSR count). The van der Waals surface area contributed by atoms with Crippen molar-refractivity contribution < 1.29 is 5.11 Å². The summed E-state index contributed by atoms with van der Waals surface area (Å²) in [6, 6.07) is 5.08. The third-order valence-corrected chi connectivity index (χ3v) is 1.51. The van der Waals surface area contributed by atoms with Crippen molar-refractivity contribution in [1.29, 1.82) is 5.26 Å². The Hall–Kier alpha value is -1.44. The molecule has 62 valence electrons. The predicted octanol–water partition coefficient (Wildman–Crippen LogP) is -0.0546. The Balaban J connectivity index is 2.86. The van der Waals surface area contributed by atoms with Crippen LogP contribution in [0.1, 0.15) is 17.4 Å². The highest BCUT2D eigenvalue weighted by atomic mass is 16.3. The van der Waals surface area contributed by atoms with Crippen LogP contribution in [0.25, 0.3) is 0 Å². The lowest BCUT2D eigenvalue weighted by Gasteiger charge is -2.05. The van der Waals surface area contributed by atoms with Gasteiger partial charge in [0.25, 0.3) is 0 Å². The Morgan fingerprint density at radius 1 is 1.67 bits per heavy atom. The fraction of sp³-hybridized carbons (Fsp3) is 0.250. The molecule has 3 N–H and O–H groups in total. The summed E-state index contributed by atoms with van der Waals surface area (Å²) in [4.78, 5) is 3.79. The normalized spacial score (nSPS) is 12.1. The van der Waals surface area contributed by atoms with E-state index >= 15 is 0 Å². The van der Waals surface area contributed by atoms with Gasteiger partial charge in [-0.25, -0.2) is 4.98 Å². The number of rotatable bonds is 2. The van der Waals surface area contributed by atoms with Crippen LogP contribution in [0.4, 0.5) is 0 Å². The molecule has 0 saturated carbocycles. The van der Waals surface area contributed by atoms with Gasteiger partial charge in [0.15, 0.2) is 0 Å². The maximum Gasteiger partial charge on any atom is 0.140 e. The summed E-state index contributed by atoms with van der Waals surface area (Å²) in [5.74, 6) is 0. The van der Waals surface area contributed by atoms with Gasteiger partial charge in [0.05, 0.1) is 6.10 Å². The van der Waals surface area contributed by atoms with E-state index in [4.69, 9.17) is 11.0 Å². The third kappa shape index (κ3) is 1.78. The molecule has 0 aromatic carbocycles. The van der Waals surface area contributed by atoms with Crippen molar-refractivity contribution in [3.63, 3.8) is 0 Å². The molecule has 1 aromatic heterocycles. The van der Waals surface area contributed by atoms with E-state index in [0.717, 1.165) is 0 Å². The van der Waals surface area contributed by atoms with Gasteiger partial charge >= 0.3 is 0 Å². The molecule has 0 amide bonds. The zero-order valence-corrected chi connectivity index (χ0v) is 6.44. The van der Waals surface area contributed by atoms with Gasteiger partial charge < -0.3 is 10.8 Å². The zero-order valence-electron chi connectivity index (χ0n) is 6.44. The third-order valence-electron chi connectivity index (χ3n) is 1.51. The monoisotopic (exact) mass is 163 g/mol. The highest BCUT2D eigenvalue weighted by Crippen LogP contribution is 2.09. The second-order valence-electron chi connectivity index (χ2n) is 2.34. The van der Waals surface area contributed by atoms with Crippen LogP contribution < -0.4 is 5.73 Å². The van der Waals surface area contributed by atoms with Gasteiger partial charge in [-0.05, 0) is 6.07 Å². The molecule has 0 aliphatic carbocycles. The molecular formula is C8H9N3O. The first kappa shape index (κ1) is 8.65. The highest BCUT2D eigenvalue weighted by Gasteiger charge is 2.04. The highest BCUT2D eigenvalue weighted by molar-refractivity contribution is 5.24. The van der Waals surface area contributed by atoms with Gasteiger partial charge in [0, 0.05) is 18.3 Å². The number of hydrogen-bond acceptors (Lipinski definition) is 4. The molecule has 0 fully saturated rings. The van der Waals surface area contributed by atoms with Crippen LogP contribution in [0.5, 0.6) is 0 Å². The Morgan fingerprint density at radius 3 is 2.83 bits per heavy atom. The minimum atomic E-state index is -0.690. The van der Waals surface area contributed by atoms with Crippen molar-refractivity contribution in [1.82, 2.24) is 4.98 Å². The molecule has 1 heterocycles. The number of nitrogens with two attached hydrogens (primary N) is 1. The van der Waals surface area contributed by atoms with Crippen LogP contribution in [0, 0.1) is 11.3 Å². The fourth-order valence-corrected chi connectivity index (χ4v) is 0.805. The van der Waals surface area contributed by atoms with Gasteiger partial charge in [-0.3, -0.25) is 0 Å². The van der Waals surface area contributed by atoms with Gasteiger partial charge in [-0.2, -0.15) is 5.26 Å². The zero-order chi connectivity index (χ0) is 8.97. The Morgan fingerprint density at radius 2 is 2.42 bits per heavy atom. The summed E-state index contributed by atoms with van der Waals surface area (Å²) in [5.41, 5.74) is 6.20. The first-order valence-corrected chi connectivity index (χ1v) is 3.52. The number of aliphatic hydroxyl groups excluding tert-OH is 1. The van der Waals surface area contributed by atoms with Crippen LogP contribution in [0.3, 0.4) is 0 Å². The summed E-state index contributed by atoms with van der Waals surface area (Å²) >= 11 is 0. The van der Waals surface area contributed by atoms with E-state index in [2.05, 4.69) is 4.98 Å². The van der Waals surface area contributed by atoms with Gasteiger partial charge in [-0.1, -0.05) is 6.07 Å². The number of aliphatic hydroxyl groups is 1. The molecule has 0 radical (unpaired) electrons. The van der Waals surface area contributed by atoms with E-state index in [1.54, 1.807) is 12.1 Å². The summed E-state index contributed by atoms with van der Waals surface area (Å²) in [5, 5.41) is 17.7. The van der Waals surface area contributed by atoms with E-state index < -0.39 is 6.10 Å². The van der Waals surface area contributed by atoms with Crippen LogP contribution in [-0.4, -0.2) is 16.6 Å². The minimum absolute atomic E-state index is 0.160. The van der Waals surface area contributed by atoms with Crippen LogP contribution in [0.2, 0.25) is 0 Å². The van der Waals surface area contributed by atoms with E-state index in [1.807, 2.05) is 6.07 Å². The maximum atomic E-state index is 9.24. The van der Waals surface area contributed by atoms with Crippen molar-refractivity contribution in [2.24, 2.45) is 5.73 Å². The molecule has 0 aliphatic heterocycles. The second kappa shape index (κ2) is 3.81. The van der Waals surface area contributed by atoms with Crippen molar-refractivity contribution in [3.8, 4) is 6.07 Å². The quantitative estimate of drug-likeness (QED) is 0.640. The maximum absolute atomic E-state index is 9.24. The van der Waals surface area contributed by atoms with E-state index in [0.29, 0.717) is 11.3 Å². The Bertz CT molecular complexity index is 288. The summed E-state index contributed by atoms with van der Waals surface area (Å²) < 4.78 is 0. The SMILES string of the molecule is N#Cc1ccc(C(O)CN)cn1. The van der Waals surface area contributed by atoms with Crippen LogP contribution in [-0.2, 0) is 0 Å². The fourth-order valence-electron chi connectivity index (χ4n) is 0.805. The van der Waals surface area contributed by atoms with E-state index in [-0.39, 0.29) is 6.54 Å². The lowest BCUT2D eigenvalue weighted by Crippen LogP contribution is -2.11. The number of nitrogens with zero attached hydrogens (tertiary/aromatic N) is 2. The van der Waals surface area contributed by atoms with Crippen molar-refractivity contribution in [2.45, 2.75) is 6.10 Å². The molecule has 0 aliphatic rings. The van der Waals surface area contributed by atoms with Crippen molar-refractivity contribution >= 4 is 0 Å². The van der Waals surface area contributed by atoms with E-state index in [1.165, 1.54) is 6.20 Å². The molecule has 12 heavy (non-hydrogen) atoms. The Kier molecular flexibility index (Phi) is 2.75. The summed E-state index contributed by atoms with van der Waals surface area (Å²) in [6.45, 7) is 0.160. The first-order valence-electron chi connectivity index (χ1n) is 3.52. The lowest BCUT2D eigenvalue weighted by molar-refractivity contribution is 0.186. The average Bonchev–Trinajstić information content (AvgIpc) is 2.17. The van der Waals surface area contributed by atoms with Crippen LogP contribution in [0.15, 0.2) is 18.3 Å². The van der Waals surface area contributed by atoms with Crippen LogP contribution >= 0.6 is 0 Å². The largest absolute Gasteiger partial charge is 0.387 e. The van der Waals surface area contributed by atoms with Gasteiger partial charge in [0.1, 0.15) is 11.8 Å². The Labute approximate surface area is 70.3 Å². The molecule has 1 atom stereocenters. The topological polar surface area (TPSA) is 82.9 Å². The molecule has 1 aromatic rings. The molecule has 1 unspecified atom stereocenters. The number of pyridine rings is 1. The molecule has 0 saturated heterocycles. The molecule has 0 bridgehead atoms. The predicted molar refractivity (Wildman–Crippen MR) is 43.0 cm³/mol. The van der Waals surface area contributed by atoms with Crippen molar-refractivity contribution in [2.75, 3.05) is 6.54 Å². The molecular weight excluding hydrogens is 154 g/mol. The number of nitriles is 1. The van der Waals surface area contributed by atoms with E-state index in [9.17, 15) is 5.11 Å². The summed E-state index contributed by atoms with van der Waals surface area (Å²) in [7, 11) is 0. The van der Waals surface area contributed by atoms with Gasteiger partial charge in [-0.15, -0.1) is 0 Å².